The SMILES string of the molecule is CCCOc1ccc(NC(=O)N2CCC[C@@H](COC)C2)cc1Cl. The minimum Gasteiger partial charge on any atom is -0.492 e. The molecule has 1 saturated heterocycles. The van der Waals surface area contributed by atoms with E-state index in [0.717, 1.165) is 32.4 Å². The summed E-state index contributed by atoms with van der Waals surface area (Å²) in [7, 11) is 1.70. The largest absolute Gasteiger partial charge is 0.492 e. The van der Waals surface area contributed by atoms with Gasteiger partial charge in [0, 0.05) is 31.8 Å². The van der Waals surface area contributed by atoms with Gasteiger partial charge in [-0.3, -0.25) is 0 Å². The van der Waals surface area contributed by atoms with Gasteiger partial charge in [0.05, 0.1) is 18.2 Å². The average Bonchev–Trinajstić information content (AvgIpc) is 2.55. The first-order valence-electron chi connectivity index (χ1n) is 8.11. The maximum absolute atomic E-state index is 12.4. The molecule has 23 heavy (non-hydrogen) atoms. The number of methoxy groups -OCH3 is 1. The maximum Gasteiger partial charge on any atom is 0.321 e. The molecule has 128 valence electrons. The molecule has 1 atom stereocenters. The van der Waals surface area contributed by atoms with Crippen molar-refractivity contribution >= 4 is 23.3 Å². The summed E-state index contributed by atoms with van der Waals surface area (Å²) in [6, 6.07) is 5.23. The zero-order valence-corrected chi connectivity index (χ0v) is 14.6. The van der Waals surface area contributed by atoms with Gasteiger partial charge in [-0.25, -0.2) is 4.79 Å². The summed E-state index contributed by atoms with van der Waals surface area (Å²) in [4.78, 5) is 14.2. The number of carbonyl (C=O) groups is 1. The van der Waals surface area contributed by atoms with Crippen molar-refractivity contribution in [2.45, 2.75) is 26.2 Å². The fourth-order valence-electron chi connectivity index (χ4n) is 2.73. The number of nitrogens with zero attached hydrogens (tertiary/aromatic N) is 1. The van der Waals surface area contributed by atoms with Crippen molar-refractivity contribution in [3.05, 3.63) is 23.2 Å². The van der Waals surface area contributed by atoms with Crippen LogP contribution < -0.4 is 10.1 Å². The number of rotatable bonds is 6. The molecule has 0 aromatic heterocycles. The highest BCUT2D eigenvalue weighted by Crippen LogP contribution is 2.28. The lowest BCUT2D eigenvalue weighted by Gasteiger charge is -2.32. The maximum atomic E-state index is 12.4. The minimum absolute atomic E-state index is 0.0934. The van der Waals surface area contributed by atoms with E-state index in [-0.39, 0.29) is 6.03 Å². The molecule has 0 saturated carbocycles. The first kappa shape index (κ1) is 17.9. The number of likely N-dealkylation sites (tertiary alicyclic amines) is 1. The second-order valence-corrected chi connectivity index (χ2v) is 6.24. The lowest BCUT2D eigenvalue weighted by molar-refractivity contribution is 0.104. The third kappa shape index (κ3) is 5.29. The van der Waals surface area contributed by atoms with Gasteiger partial charge < -0.3 is 19.7 Å². The Hall–Kier alpha value is -1.46. The Morgan fingerprint density at radius 1 is 1.48 bits per heavy atom. The van der Waals surface area contributed by atoms with Crippen molar-refractivity contribution in [2.75, 3.05) is 38.7 Å². The van der Waals surface area contributed by atoms with E-state index >= 15 is 0 Å². The van der Waals surface area contributed by atoms with E-state index < -0.39 is 0 Å². The van der Waals surface area contributed by atoms with Gasteiger partial charge in [0.1, 0.15) is 5.75 Å². The van der Waals surface area contributed by atoms with Crippen LogP contribution in [0.25, 0.3) is 0 Å². The lowest BCUT2D eigenvalue weighted by Crippen LogP contribution is -2.43. The van der Waals surface area contributed by atoms with Crippen LogP contribution in [-0.2, 0) is 4.74 Å². The number of hydrogen-bond acceptors (Lipinski definition) is 3. The molecule has 1 heterocycles. The zero-order valence-electron chi connectivity index (χ0n) is 13.8. The molecule has 6 heteroatoms. The number of nitrogens with one attached hydrogen (secondary N) is 1. The van der Waals surface area contributed by atoms with Crippen LogP contribution in [-0.4, -0.2) is 44.3 Å². The van der Waals surface area contributed by atoms with Crippen molar-refractivity contribution in [3.63, 3.8) is 0 Å². The van der Waals surface area contributed by atoms with Gasteiger partial charge in [-0.05, 0) is 37.5 Å². The molecule has 0 bridgehead atoms. The van der Waals surface area contributed by atoms with Gasteiger partial charge in [-0.1, -0.05) is 18.5 Å². The third-order valence-corrected chi connectivity index (χ3v) is 4.15. The highest BCUT2D eigenvalue weighted by Gasteiger charge is 2.23. The standard InChI is InChI=1S/C17H25ClN2O3/c1-3-9-23-16-7-6-14(10-15(16)18)19-17(21)20-8-4-5-13(11-20)12-22-2/h6-7,10,13H,3-5,8-9,11-12H2,1-2H3,(H,19,21)/t13-/m1/s1. The van der Waals surface area contributed by atoms with Crippen LogP contribution >= 0.6 is 11.6 Å². The fraction of sp³-hybridized carbons (Fsp3) is 0.588. The summed E-state index contributed by atoms with van der Waals surface area (Å²) >= 11 is 6.19. The molecule has 1 fully saturated rings. The average molecular weight is 341 g/mol. The summed E-state index contributed by atoms with van der Waals surface area (Å²) in [6.45, 7) is 4.86. The van der Waals surface area contributed by atoms with Crippen LogP contribution in [0.1, 0.15) is 26.2 Å². The molecule has 1 aromatic rings. The number of benzene rings is 1. The lowest BCUT2D eigenvalue weighted by atomic mass is 9.99. The van der Waals surface area contributed by atoms with Crippen LogP contribution in [0.5, 0.6) is 5.75 Å². The van der Waals surface area contributed by atoms with E-state index in [0.29, 0.717) is 35.6 Å². The third-order valence-electron chi connectivity index (χ3n) is 3.85. The van der Waals surface area contributed by atoms with E-state index in [1.807, 2.05) is 17.9 Å². The Morgan fingerprint density at radius 3 is 3.00 bits per heavy atom. The van der Waals surface area contributed by atoms with Crippen molar-refractivity contribution in [1.29, 1.82) is 0 Å². The molecule has 1 aliphatic rings. The molecule has 0 aliphatic carbocycles. The number of ether oxygens (including phenoxy) is 2. The minimum atomic E-state index is -0.0934. The van der Waals surface area contributed by atoms with Crippen molar-refractivity contribution in [3.8, 4) is 5.75 Å². The molecule has 0 radical (unpaired) electrons. The molecule has 1 aromatic carbocycles. The Bertz CT molecular complexity index is 523. The Balaban J connectivity index is 1.93. The predicted octanol–water partition coefficient (Wildman–Crippen LogP) is 4.02. The van der Waals surface area contributed by atoms with Crippen LogP contribution in [0, 0.1) is 5.92 Å². The van der Waals surface area contributed by atoms with Gasteiger partial charge in [0.15, 0.2) is 0 Å². The van der Waals surface area contributed by atoms with E-state index in [1.165, 1.54) is 0 Å². The number of amides is 2. The van der Waals surface area contributed by atoms with Crippen molar-refractivity contribution in [2.24, 2.45) is 5.92 Å². The summed E-state index contributed by atoms with van der Waals surface area (Å²) in [5, 5.41) is 3.41. The van der Waals surface area contributed by atoms with Gasteiger partial charge in [-0.15, -0.1) is 0 Å². The predicted molar refractivity (Wildman–Crippen MR) is 92.4 cm³/mol. The molecule has 0 spiro atoms. The van der Waals surface area contributed by atoms with E-state index in [9.17, 15) is 4.79 Å². The van der Waals surface area contributed by atoms with E-state index in [2.05, 4.69) is 5.32 Å². The Labute approximate surface area is 142 Å². The first-order chi connectivity index (χ1) is 11.1. The number of halogens is 1. The highest BCUT2D eigenvalue weighted by molar-refractivity contribution is 6.32. The topological polar surface area (TPSA) is 50.8 Å². The zero-order chi connectivity index (χ0) is 16.7. The molecule has 0 unspecified atom stereocenters. The molecule has 1 aliphatic heterocycles. The van der Waals surface area contributed by atoms with E-state index in [4.69, 9.17) is 21.1 Å². The molecule has 2 rings (SSSR count). The number of anilines is 1. The van der Waals surface area contributed by atoms with Crippen LogP contribution in [0.3, 0.4) is 0 Å². The van der Waals surface area contributed by atoms with Gasteiger partial charge in [0.2, 0.25) is 0 Å². The summed E-state index contributed by atoms with van der Waals surface area (Å²) in [6.07, 6.45) is 3.03. The number of piperidine rings is 1. The molecule has 5 nitrogen and oxygen atoms in total. The Kier molecular flexibility index (Phi) is 6.99. The molecular formula is C17H25ClN2O3. The smallest absolute Gasteiger partial charge is 0.321 e. The quantitative estimate of drug-likeness (QED) is 0.851. The van der Waals surface area contributed by atoms with Crippen molar-refractivity contribution in [1.82, 2.24) is 4.90 Å². The van der Waals surface area contributed by atoms with E-state index in [1.54, 1.807) is 19.2 Å². The highest BCUT2D eigenvalue weighted by atomic mass is 35.5. The van der Waals surface area contributed by atoms with Crippen LogP contribution in [0.15, 0.2) is 18.2 Å². The van der Waals surface area contributed by atoms with Crippen LogP contribution in [0.2, 0.25) is 5.02 Å². The second-order valence-electron chi connectivity index (χ2n) is 5.83. The monoisotopic (exact) mass is 340 g/mol. The summed E-state index contributed by atoms with van der Waals surface area (Å²) < 4.78 is 10.7. The number of urea groups is 1. The van der Waals surface area contributed by atoms with Crippen molar-refractivity contribution < 1.29 is 14.3 Å². The summed E-state index contributed by atoms with van der Waals surface area (Å²) in [5.41, 5.74) is 0.678. The number of carbonyl (C=O) groups excluding carboxylic acids is 1. The Morgan fingerprint density at radius 2 is 2.30 bits per heavy atom. The fourth-order valence-corrected chi connectivity index (χ4v) is 2.97. The molecular weight excluding hydrogens is 316 g/mol. The molecule has 1 N–H and O–H groups in total. The summed E-state index contributed by atoms with van der Waals surface area (Å²) in [5.74, 6) is 1.05. The van der Waals surface area contributed by atoms with Gasteiger partial charge in [-0.2, -0.15) is 0 Å². The molecule has 2 amide bonds. The van der Waals surface area contributed by atoms with Gasteiger partial charge >= 0.3 is 6.03 Å². The number of hydrogen-bond donors (Lipinski definition) is 1. The van der Waals surface area contributed by atoms with Gasteiger partial charge in [0.25, 0.3) is 0 Å². The second kappa shape index (κ2) is 8.99. The first-order valence-corrected chi connectivity index (χ1v) is 8.49. The normalized spacial score (nSPS) is 17.9. The van der Waals surface area contributed by atoms with Crippen LogP contribution in [0.4, 0.5) is 10.5 Å².